The van der Waals surface area contributed by atoms with Gasteiger partial charge in [0.25, 0.3) is 0 Å². The molecule has 1 aliphatic carbocycles. The molecule has 23 heavy (non-hydrogen) atoms. The molecule has 0 aliphatic heterocycles. The molecule has 0 spiro atoms. The van der Waals surface area contributed by atoms with E-state index in [2.05, 4.69) is 4.72 Å². The van der Waals surface area contributed by atoms with Crippen molar-refractivity contribution in [1.29, 1.82) is 0 Å². The highest BCUT2D eigenvalue weighted by Gasteiger charge is 2.42. The fraction of sp³-hybridized carbons (Fsp3) is 0.500. The van der Waals surface area contributed by atoms with Gasteiger partial charge >= 0.3 is 5.97 Å². The molecule has 1 aliphatic rings. The molecule has 0 amide bonds. The maximum absolute atomic E-state index is 12.3. The maximum atomic E-state index is 12.3. The summed E-state index contributed by atoms with van der Waals surface area (Å²) in [6, 6.07) is 4.82. The van der Waals surface area contributed by atoms with E-state index in [1.165, 1.54) is 24.3 Å². The summed E-state index contributed by atoms with van der Waals surface area (Å²) < 4.78 is 49.6. The van der Waals surface area contributed by atoms with Gasteiger partial charge in [-0.25, -0.2) is 21.6 Å². The molecule has 1 aromatic carbocycles. The molecule has 2 N–H and O–H groups in total. The van der Waals surface area contributed by atoms with Gasteiger partial charge in [0.15, 0.2) is 9.84 Å². The van der Waals surface area contributed by atoms with E-state index in [0.29, 0.717) is 12.8 Å². The fourth-order valence-corrected chi connectivity index (χ4v) is 4.46. The first-order chi connectivity index (χ1) is 10.6. The number of carbonyl (C=O) groups is 1. The Kier molecular flexibility index (Phi) is 4.84. The zero-order valence-electron chi connectivity index (χ0n) is 12.6. The van der Waals surface area contributed by atoms with Crippen molar-refractivity contribution in [2.75, 3.05) is 12.8 Å². The molecule has 0 heterocycles. The Morgan fingerprint density at radius 3 is 2.00 bits per heavy atom. The van der Waals surface area contributed by atoms with Crippen LogP contribution < -0.4 is 4.72 Å². The van der Waals surface area contributed by atoms with Gasteiger partial charge in [-0.1, -0.05) is 12.8 Å². The third-order valence-electron chi connectivity index (χ3n) is 4.18. The third kappa shape index (κ3) is 3.91. The van der Waals surface area contributed by atoms with Crippen LogP contribution in [0.2, 0.25) is 0 Å². The first kappa shape index (κ1) is 17.9. The molecule has 2 rings (SSSR count). The second kappa shape index (κ2) is 6.21. The first-order valence-corrected chi connectivity index (χ1v) is 10.5. The molecule has 0 bridgehead atoms. The largest absolute Gasteiger partial charge is 0.481 e. The van der Waals surface area contributed by atoms with Crippen LogP contribution in [-0.4, -0.2) is 40.7 Å². The van der Waals surface area contributed by atoms with Crippen LogP contribution in [0, 0.1) is 5.41 Å². The van der Waals surface area contributed by atoms with E-state index in [0.717, 1.165) is 19.1 Å². The van der Waals surface area contributed by atoms with Crippen molar-refractivity contribution >= 4 is 25.8 Å². The molecule has 1 saturated carbocycles. The van der Waals surface area contributed by atoms with Crippen LogP contribution in [-0.2, 0) is 24.7 Å². The van der Waals surface area contributed by atoms with Crippen molar-refractivity contribution in [1.82, 2.24) is 4.72 Å². The molecular weight excluding hydrogens is 342 g/mol. The zero-order chi connectivity index (χ0) is 17.3. The smallest absolute Gasteiger partial charge is 0.310 e. The quantitative estimate of drug-likeness (QED) is 0.781. The van der Waals surface area contributed by atoms with Crippen LogP contribution in [0.5, 0.6) is 0 Å². The number of carboxylic acids is 1. The predicted octanol–water partition coefficient (Wildman–Crippen LogP) is 1.01. The van der Waals surface area contributed by atoms with Gasteiger partial charge in [-0.3, -0.25) is 4.79 Å². The number of hydrogen-bond acceptors (Lipinski definition) is 5. The number of sulfonamides is 1. The molecule has 0 unspecified atom stereocenters. The molecule has 0 atom stereocenters. The highest BCUT2D eigenvalue weighted by atomic mass is 32.2. The lowest BCUT2D eigenvalue weighted by Crippen LogP contribution is -2.41. The van der Waals surface area contributed by atoms with Crippen LogP contribution >= 0.6 is 0 Å². The Bertz CT molecular complexity index is 790. The van der Waals surface area contributed by atoms with Gasteiger partial charge < -0.3 is 5.11 Å². The predicted molar refractivity (Wildman–Crippen MR) is 83.3 cm³/mol. The molecule has 9 heteroatoms. The van der Waals surface area contributed by atoms with Gasteiger partial charge in [-0.15, -0.1) is 0 Å². The number of rotatable bonds is 6. The number of sulfone groups is 1. The Balaban J connectivity index is 2.17. The standard InChI is InChI=1S/C14H19NO6S2/c1-22(18,19)11-4-6-12(7-5-11)23(20,21)15-10-14(13(16)17)8-2-3-9-14/h4-7,15H,2-3,8-10H2,1H3,(H,16,17). The average Bonchev–Trinajstić information content (AvgIpc) is 2.95. The molecule has 7 nitrogen and oxygen atoms in total. The lowest BCUT2D eigenvalue weighted by molar-refractivity contribution is -0.148. The maximum Gasteiger partial charge on any atom is 0.310 e. The van der Waals surface area contributed by atoms with E-state index in [1.54, 1.807) is 0 Å². The number of nitrogens with one attached hydrogen (secondary N) is 1. The van der Waals surface area contributed by atoms with Gasteiger partial charge in [0.2, 0.25) is 10.0 Å². The molecule has 1 fully saturated rings. The molecule has 0 radical (unpaired) electrons. The normalized spacial score (nSPS) is 18.0. The second-order valence-corrected chi connectivity index (χ2v) is 9.64. The summed E-state index contributed by atoms with van der Waals surface area (Å²) >= 11 is 0. The average molecular weight is 361 g/mol. The monoisotopic (exact) mass is 361 g/mol. The van der Waals surface area contributed by atoms with Gasteiger partial charge in [0.1, 0.15) is 0 Å². The van der Waals surface area contributed by atoms with E-state index >= 15 is 0 Å². The van der Waals surface area contributed by atoms with Crippen molar-refractivity contribution in [3.63, 3.8) is 0 Å². The summed E-state index contributed by atoms with van der Waals surface area (Å²) in [5, 5.41) is 9.36. The summed E-state index contributed by atoms with van der Waals surface area (Å²) in [7, 11) is -7.29. The zero-order valence-corrected chi connectivity index (χ0v) is 14.3. The van der Waals surface area contributed by atoms with Crippen molar-refractivity contribution in [2.45, 2.75) is 35.5 Å². The second-order valence-electron chi connectivity index (χ2n) is 5.86. The highest BCUT2D eigenvalue weighted by Crippen LogP contribution is 2.38. The van der Waals surface area contributed by atoms with Crippen LogP contribution in [0.1, 0.15) is 25.7 Å². The Morgan fingerprint density at radius 2 is 1.57 bits per heavy atom. The highest BCUT2D eigenvalue weighted by molar-refractivity contribution is 7.90. The van der Waals surface area contributed by atoms with Gasteiger partial charge in [-0.05, 0) is 37.1 Å². The molecule has 0 aromatic heterocycles. The van der Waals surface area contributed by atoms with Crippen LogP contribution in [0.3, 0.4) is 0 Å². The van der Waals surface area contributed by atoms with Crippen molar-refractivity contribution in [3.8, 4) is 0 Å². The molecule has 1 aromatic rings. The van der Waals surface area contributed by atoms with E-state index < -0.39 is 31.2 Å². The lowest BCUT2D eigenvalue weighted by atomic mass is 9.87. The third-order valence-corrected chi connectivity index (χ3v) is 6.72. The van der Waals surface area contributed by atoms with Gasteiger partial charge in [0, 0.05) is 12.8 Å². The van der Waals surface area contributed by atoms with E-state index in [-0.39, 0.29) is 16.3 Å². The van der Waals surface area contributed by atoms with Crippen LogP contribution in [0.4, 0.5) is 0 Å². The van der Waals surface area contributed by atoms with Crippen molar-refractivity contribution in [2.24, 2.45) is 5.41 Å². The minimum atomic E-state index is -3.89. The van der Waals surface area contributed by atoms with Crippen LogP contribution in [0.15, 0.2) is 34.1 Å². The Hall–Kier alpha value is -1.45. The Morgan fingerprint density at radius 1 is 1.09 bits per heavy atom. The minimum absolute atomic E-state index is 0.0225. The number of benzene rings is 1. The van der Waals surface area contributed by atoms with Crippen LogP contribution in [0.25, 0.3) is 0 Å². The van der Waals surface area contributed by atoms with Crippen molar-refractivity contribution < 1.29 is 26.7 Å². The van der Waals surface area contributed by atoms with E-state index in [4.69, 9.17) is 0 Å². The number of carboxylic acid groups (broad SMARTS) is 1. The summed E-state index contributed by atoms with van der Waals surface area (Å²) in [6.07, 6.45) is 3.44. The molecular formula is C14H19NO6S2. The fourth-order valence-electron chi connectivity index (χ4n) is 2.70. The number of hydrogen-bond donors (Lipinski definition) is 2. The summed E-state index contributed by atoms with van der Waals surface area (Å²) in [4.78, 5) is 11.4. The topological polar surface area (TPSA) is 118 Å². The summed E-state index contributed by atoms with van der Waals surface area (Å²) in [6.45, 7) is -0.168. The van der Waals surface area contributed by atoms with Crippen molar-refractivity contribution in [3.05, 3.63) is 24.3 Å². The van der Waals surface area contributed by atoms with Gasteiger partial charge in [0.05, 0.1) is 15.2 Å². The number of aliphatic carboxylic acids is 1. The Labute approximate surface area is 135 Å². The summed E-state index contributed by atoms with van der Waals surface area (Å²) in [5.41, 5.74) is -1.06. The molecule has 0 saturated heterocycles. The van der Waals surface area contributed by atoms with Gasteiger partial charge in [-0.2, -0.15) is 0 Å². The lowest BCUT2D eigenvalue weighted by Gasteiger charge is -2.23. The summed E-state index contributed by atoms with van der Waals surface area (Å²) in [5.74, 6) is -0.995. The van der Waals surface area contributed by atoms with E-state index in [9.17, 15) is 26.7 Å². The first-order valence-electron chi connectivity index (χ1n) is 7.10. The minimum Gasteiger partial charge on any atom is -0.481 e. The molecule has 128 valence electrons. The van der Waals surface area contributed by atoms with E-state index in [1.807, 2.05) is 0 Å². The SMILES string of the molecule is CS(=O)(=O)c1ccc(S(=O)(=O)NCC2(C(=O)O)CCCC2)cc1.